The van der Waals surface area contributed by atoms with Crippen molar-refractivity contribution in [3.63, 3.8) is 0 Å². The number of carbonyl (C=O) groups is 3. The Morgan fingerprint density at radius 2 is 1.93 bits per heavy atom. The number of hydrogen-bond donors (Lipinski definition) is 2. The number of carboxylic acid groups (broad SMARTS) is 1. The molecule has 1 aromatic heterocycles. The molecule has 9 nitrogen and oxygen atoms in total. The van der Waals surface area contributed by atoms with Crippen molar-refractivity contribution in [1.29, 1.82) is 0 Å². The average Bonchev–Trinajstić information content (AvgIpc) is 3.44. The van der Waals surface area contributed by atoms with Crippen LogP contribution in [-0.2, 0) is 14.3 Å². The maximum absolute atomic E-state index is 13.7. The van der Waals surface area contributed by atoms with E-state index in [4.69, 9.17) is 14.5 Å². The summed E-state index contributed by atoms with van der Waals surface area (Å²) in [5, 5.41) is 13.6. The highest BCUT2D eigenvalue weighted by Crippen LogP contribution is 2.34. The van der Waals surface area contributed by atoms with Crippen molar-refractivity contribution in [2.45, 2.75) is 76.5 Å². The highest BCUT2D eigenvalue weighted by atomic mass is 16.5. The average molecular weight is 586 g/mol. The van der Waals surface area contributed by atoms with Crippen molar-refractivity contribution >= 4 is 34.9 Å². The van der Waals surface area contributed by atoms with E-state index in [1.54, 1.807) is 0 Å². The summed E-state index contributed by atoms with van der Waals surface area (Å²) in [6.45, 7) is 2.34. The SMILES string of the molecule is CCCC[C@@H]1NC(=O)OCCCCCC=Cc2ccc3nc(-c4ccccc4)cc(c3c2)O[C@@H]2C[C@@H](C(=O)O)N(C2)C1=O. The molecule has 43 heavy (non-hydrogen) atoms. The summed E-state index contributed by atoms with van der Waals surface area (Å²) in [5.41, 5.74) is 3.44. The number of nitrogens with one attached hydrogen (secondary N) is 1. The summed E-state index contributed by atoms with van der Waals surface area (Å²) in [7, 11) is 0. The molecule has 0 unspecified atom stereocenters. The molecule has 0 spiro atoms. The Kier molecular flexibility index (Phi) is 9.92. The zero-order chi connectivity index (χ0) is 30.2. The maximum Gasteiger partial charge on any atom is 0.407 e. The Labute approximate surface area is 251 Å². The number of pyridine rings is 1. The van der Waals surface area contributed by atoms with E-state index >= 15 is 0 Å². The van der Waals surface area contributed by atoms with E-state index in [9.17, 15) is 19.5 Å². The molecule has 0 saturated carbocycles. The number of hydrogen-bond acceptors (Lipinski definition) is 6. The number of cyclic esters (lactones) is 1. The minimum atomic E-state index is -1.10. The molecule has 4 bridgehead atoms. The first-order valence-corrected chi connectivity index (χ1v) is 15.2. The lowest BCUT2D eigenvalue weighted by molar-refractivity contribution is -0.149. The molecule has 2 aliphatic heterocycles. The summed E-state index contributed by atoms with van der Waals surface area (Å²) < 4.78 is 11.9. The standard InChI is InChI=1S/C34H39N3O6/c1-2-3-15-28-32(38)37-22-25(20-30(37)33(39)40)43-31-21-29(24-13-9-7-10-14-24)35-27-17-16-23(19-26(27)31)12-8-5-4-6-11-18-42-34(41)36-28/h7-10,12-14,16-17,19,21,25,28,30H,2-6,11,15,18,20,22H2,1H3,(H,36,41)(H,39,40)/t25-,28+,30+/m1/s1. The molecule has 2 aromatic carbocycles. The fourth-order valence-corrected chi connectivity index (χ4v) is 5.69. The van der Waals surface area contributed by atoms with Crippen molar-refractivity contribution < 1.29 is 29.0 Å². The van der Waals surface area contributed by atoms with Gasteiger partial charge in [-0.05, 0) is 49.8 Å². The molecule has 3 heterocycles. The smallest absolute Gasteiger partial charge is 0.407 e. The number of carbonyl (C=O) groups excluding carboxylic acids is 2. The normalized spacial score (nSPS) is 21.7. The van der Waals surface area contributed by atoms with Gasteiger partial charge >= 0.3 is 12.1 Å². The number of rotatable bonds is 5. The summed E-state index contributed by atoms with van der Waals surface area (Å²) in [6.07, 6.45) is 8.47. The Balaban J connectivity index is 1.52. The van der Waals surface area contributed by atoms with Crippen molar-refractivity contribution in [2.75, 3.05) is 13.2 Å². The van der Waals surface area contributed by atoms with Gasteiger partial charge in [-0.1, -0.05) is 68.3 Å². The maximum atomic E-state index is 13.7. The predicted molar refractivity (Wildman–Crippen MR) is 165 cm³/mol. The topological polar surface area (TPSA) is 118 Å². The van der Waals surface area contributed by atoms with Gasteiger partial charge in [0.25, 0.3) is 0 Å². The second kappa shape index (κ2) is 14.2. The third-order valence-electron chi connectivity index (χ3n) is 7.98. The minimum absolute atomic E-state index is 0.0826. The molecule has 226 valence electrons. The number of carboxylic acids is 1. The zero-order valence-corrected chi connectivity index (χ0v) is 24.5. The molecule has 1 fully saturated rings. The number of aliphatic carboxylic acids is 1. The van der Waals surface area contributed by atoms with Crippen LogP contribution in [0.25, 0.3) is 28.2 Å². The van der Waals surface area contributed by atoms with Crippen molar-refractivity contribution in [1.82, 2.24) is 15.2 Å². The lowest BCUT2D eigenvalue weighted by atomic mass is 10.1. The largest absolute Gasteiger partial charge is 0.488 e. The van der Waals surface area contributed by atoms with Gasteiger partial charge in [0.1, 0.15) is 23.9 Å². The number of ether oxygens (including phenoxy) is 2. The Morgan fingerprint density at radius 3 is 2.72 bits per heavy atom. The monoisotopic (exact) mass is 585 g/mol. The molecule has 2 N–H and O–H groups in total. The van der Waals surface area contributed by atoms with Crippen molar-refractivity contribution in [2.24, 2.45) is 0 Å². The Morgan fingerprint density at radius 1 is 1.09 bits per heavy atom. The van der Waals surface area contributed by atoms with Gasteiger partial charge in [-0.25, -0.2) is 14.6 Å². The fraction of sp³-hybridized carbons (Fsp3) is 0.412. The summed E-state index contributed by atoms with van der Waals surface area (Å²) in [5.74, 6) is -0.955. The van der Waals surface area contributed by atoms with Crippen LogP contribution in [0.5, 0.6) is 5.75 Å². The van der Waals surface area contributed by atoms with E-state index in [0.29, 0.717) is 18.6 Å². The van der Waals surface area contributed by atoms with Gasteiger partial charge in [0.15, 0.2) is 0 Å². The van der Waals surface area contributed by atoms with Crippen molar-refractivity contribution in [3.8, 4) is 17.0 Å². The van der Waals surface area contributed by atoms with Gasteiger partial charge in [0.2, 0.25) is 5.91 Å². The van der Waals surface area contributed by atoms with E-state index in [1.807, 2.05) is 61.5 Å². The second-order valence-electron chi connectivity index (χ2n) is 11.2. The number of amides is 2. The van der Waals surface area contributed by atoms with Gasteiger partial charge in [0.05, 0.1) is 24.4 Å². The molecular formula is C34H39N3O6. The number of alkyl carbamates (subject to hydrolysis) is 1. The fourth-order valence-electron chi connectivity index (χ4n) is 5.69. The molecular weight excluding hydrogens is 546 g/mol. The van der Waals surface area contributed by atoms with Gasteiger partial charge in [0, 0.05) is 23.4 Å². The molecule has 3 aromatic rings. The van der Waals surface area contributed by atoms with Gasteiger partial charge in [-0.3, -0.25) is 4.79 Å². The van der Waals surface area contributed by atoms with E-state index in [0.717, 1.165) is 59.8 Å². The number of aromatic nitrogens is 1. The molecule has 0 aliphatic carbocycles. The van der Waals surface area contributed by atoms with Crippen LogP contribution >= 0.6 is 0 Å². The quantitative estimate of drug-likeness (QED) is 0.366. The first-order valence-electron chi connectivity index (χ1n) is 15.2. The van der Waals surface area contributed by atoms with Gasteiger partial charge in [-0.2, -0.15) is 0 Å². The first kappa shape index (κ1) is 30.1. The number of benzene rings is 2. The van der Waals surface area contributed by atoms with Crippen LogP contribution in [0, 0.1) is 0 Å². The van der Waals surface area contributed by atoms with Gasteiger partial charge < -0.3 is 24.8 Å². The van der Waals surface area contributed by atoms with E-state index in [2.05, 4.69) is 17.5 Å². The summed E-state index contributed by atoms with van der Waals surface area (Å²) >= 11 is 0. The minimum Gasteiger partial charge on any atom is -0.488 e. The number of unbranched alkanes of at least 4 members (excludes halogenated alkanes) is 1. The van der Waals surface area contributed by atoms with Crippen molar-refractivity contribution in [3.05, 3.63) is 66.2 Å². The third kappa shape index (κ3) is 7.52. The molecule has 2 aliphatic rings. The van der Waals surface area contributed by atoms with Crippen LogP contribution in [0.15, 0.2) is 60.7 Å². The lowest BCUT2D eigenvalue weighted by Gasteiger charge is -2.27. The zero-order valence-electron chi connectivity index (χ0n) is 24.5. The second-order valence-corrected chi connectivity index (χ2v) is 11.2. The summed E-state index contributed by atoms with van der Waals surface area (Å²) in [6, 6.07) is 15.8. The Hall–Kier alpha value is -4.40. The highest BCUT2D eigenvalue weighted by Gasteiger charge is 2.43. The van der Waals surface area contributed by atoms with E-state index in [1.165, 1.54) is 4.90 Å². The number of fused-ring (bicyclic) bond motifs is 3. The van der Waals surface area contributed by atoms with E-state index < -0.39 is 36.2 Å². The lowest BCUT2D eigenvalue weighted by Crippen LogP contribution is -2.52. The molecule has 0 radical (unpaired) electrons. The molecule has 2 amide bonds. The molecule has 5 rings (SSSR count). The predicted octanol–water partition coefficient (Wildman–Crippen LogP) is 6.21. The van der Waals surface area contributed by atoms with E-state index in [-0.39, 0.29) is 19.6 Å². The van der Waals surface area contributed by atoms with Crippen LogP contribution in [0.2, 0.25) is 0 Å². The molecule has 1 saturated heterocycles. The number of allylic oxidation sites excluding steroid dienone is 1. The third-order valence-corrected chi connectivity index (χ3v) is 7.98. The van der Waals surface area contributed by atoms with Gasteiger partial charge in [-0.15, -0.1) is 0 Å². The Bertz CT molecular complexity index is 1470. The van der Waals surface area contributed by atoms with Crippen LogP contribution in [0.4, 0.5) is 4.79 Å². The molecule has 9 heteroatoms. The summed E-state index contributed by atoms with van der Waals surface area (Å²) in [4.78, 5) is 44.9. The molecule has 3 atom stereocenters. The van der Waals surface area contributed by atoms with Crippen LogP contribution in [0.3, 0.4) is 0 Å². The first-order chi connectivity index (χ1) is 20.9. The van der Waals surface area contributed by atoms with Crippen LogP contribution < -0.4 is 10.1 Å². The number of nitrogens with zero attached hydrogens (tertiary/aromatic N) is 2. The van der Waals surface area contributed by atoms with Crippen LogP contribution in [0.1, 0.15) is 63.9 Å². The highest BCUT2D eigenvalue weighted by molar-refractivity contribution is 5.91. The van der Waals surface area contributed by atoms with Crippen LogP contribution in [-0.4, -0.2) is 64.3 Å².